The van der Waals surface area contributed by atoms with Crippen molar-refractivity contribution in [1.82, 2.24) is 9.97 Å². The molecule has 100 valence electrons. The first-order chi connectivity index (χ1) is 9.59. The van der Waals surface area contributed by atoms with Crippen molar-refractivity contribution in [3.05, 3.63) is 47.2 Å². The maximum Gasteiger partial charge on any atom is 0.134 e. The molecule has 1 heterocycles. The van der Waals surface area contributed by atoms with E-state index >= 15 is 0 Å². The zero-order valence-electron chi connectivity index (χ0n) is 10.8. The second-order valence-electron chi connectivity index (χ2n) is 4.53. The van der Waals surface area contributed by atoms with E-state index in [0.29, 0.717) is 27.3 Å². The molecule has 0 fully saturated rings. The number of rotatable bonds is 1. The summed E-state index contributed by atoms with van der Waals surface area (Å²) in [6, 6.07) is 8.86. The number of hydrogen-bond acceptors (Lipinski definition) is 4. The van der Waals surface area contributed by atoms with Crippen LogP contribution in [0.3, 0.4) is 0 Å². The van der Waals surface area contributed by atoms with Crippen LogP contribution >= 0.6 is 11.6 Å². The zero-order chi connectivity index (χ0) is 14.3. The summed E-state index contributed by atoms with van der Waals surface area (Å²) in [5.74, 6) is 0.525. The van der Waals surface area contributed by atoms with E-state index in [1.807, 2.05) is 25.1 Å². The lowest BCUT2D eigenvalue weighted by atomic mass is 9.97. The number of phenolic OH excluding ortho intramolecular Hbond substituents is 1. The number of aromatic nitrogens is 2. The maximum atomic E-state index is 10.2. The predicted molar refractivity (Wildman–Crippen MR) is 80.8 cm³/mol. The second-order valence-corrected chi connectivity index (χ2v) is 4.93. The highest BCUT2D eigenvalue weighted by molar-refractivity contribution is 6.31. The van der Waals surface area contributed by atoms with Gasteiger partial charge >= 0.3 is 0 Å². The van der Waals surface area contributed by atoms with Crippen LogP contribution in [-0.2, 0) is 0 Å². The summed E-state index contributed by atoms with van der Waals surface area (Å²) in [6.45, 7) is 1.90. The fraction of sp³-hybridized carbons (Fsp3) is 0.0667. The Morgan fingerprint density at radius 3 is 2.75 bits per heavy atom. The molecule has 4 nitrogen and oxygen atoms in total. The van der Waals surface area contributed by atoms with Gasteiger partial charge < -0.3 is 10.8 Å². The first-order valence-electron chi connectivity index (χ1n) is 6.07. The number of nitrogen functional groups attached to an aromatic ring is 1. The van der Waals surface area contributed by atoms with Crippen LogP contribution in [0.2, 0.25) is 5.02 Å². The lowest BCUT2D eigenvalue weighted by molar-refractivity contribution is 0.478. The summed E-state index contributed by atoms with van der Waals surface area (Å²) in [5.41, 5.74) is 8.81. The highest BCUT2D eigenvalue weighted by Crippen LogP contribution is 2.39. The van der Waals surface area contributed by atoms with Crippen molar-refractivity contribution < 1.29 is 5.11 Å². The van der Waals surface area contributed by atoms with Crippen molar-refractivity contribution in [3.63, 3.8) is 0 Å². The van der Waals surface area contributed by atoms with Gasteiger partial charge in [0, 0.05) is 10.4 Å². The molecule has 0 spiro atoms. The fourth-order valence-electron chi connectivity index (χ4n) is 2.28. The first-order valence-corrected chi connectivity index (χ1v) is 6.45. The van der Waals surface area contributed by atoms with Gasteiger partial charge in [0.25, 0.3) is 0 Å². The molecule has 0 unspecified atom stereocenters. The minimum atomic E-state index is 0.140. The van der Waals surface area contributed by atoms with Crippen molar-refractivity contribution in [2.75, 3.05) is 5.73 Å². The van der Waals surface area contributed by atoms with Gasteiger partial charge in [-0.25, -0.2) is 9.97 Å². The van der Waals surface area contributed by atoms with Crippen molar-refractivity contribution in [1.29, 1.82) is 0 Å². The molecule has 0 aliphatic heterocycles. The number of aromatic hydroxyl groups is 1. The number of benzene rings is 2. The van der Waals surface area contributed by atoms with Crippen LogP contribution in [0.5, 0.6) is 5.75 Å². The number of halogens is 1. The number of nitrogens with two attached hydrogens (primary N) is 1. The molecule has 0 saturated carbocycles. The van der Waals surface area contributed by atoms with Crippen molar-refractivity contribution in [2.24, 2.45) is 0 Å². The smallest absolute Gasteiger partial charge is 0.134 e. The normalized spacial score (nSPS) is 10.9. The van der Waals surface area contributed by atoms with Gasteiger partial charge in [-0.3, -0.25) is 0 Å². The topological polar surface area (TPSA) is 72.0 Å². The Morgan fingerprint density at radius 1 is 1.15 bits per heavy atom. The largest absolute Gasteiger partial charge is 0.507 e. The van der Waals surface area contributed by atoms with E-state index in [1.54, 1.807) is 12.1 Å². The highest BCUT2D eigenvalue weighted by atomic mass is 35.5. The van der Waals surface area contributed by atoms with Crippen LogP contribution in [0.1, 0.15) is 5.56 Å². The molecule has 1 aromatic heterocycles. The molecule has 0 amide bonds. The van der Waals surface area contributed by atoms with Crippen LogP contribution in [-0.4, -0.2) is 15.1 Å². The average molecular weight is 286 g/mol. The number of hydrogen-bond donors (Lipinski definition) is 2. The van der Waals surface area contributed by atoms with E-state index in [-0.39, 0.29) is 5.75 Å². The van der Waals surface area contributed by atoms with Gasteiger partial charge in [-0.1, -0.05) is 23.7 Å². The molecule has 2 aromatic carbocycles. The molecule has 5 heteroatoms. The number of phenols is 1. The summed E-state index contributed by atoms with van der Waals surface area (Å²) in [5, 5.41) is 11.6. The van der Waals surface area contributed by atoms with E-state index < -0.39 is 0 Å². The van der Waals surface area contributed by atoms with Gasteiger partial charge in [0.15, 0.2) is 0 Å². The minimum absolute atomic E-state index is 0.140. The molecule has 3 N–H and O–H groups in total. The SMILES string of the molecule is Cc1c(Cl)cccc1-c1c(O)ccc2c(N)ncnc12. The number of nitrogens with zero attached hydrogens (tertiary/aromatic N) is 2. The third kappa shape index (κ3) is 1.85. The van der Waals surface area contributed by atoms with Crippen molar-refractivity contribution in [3.8, 4) is 16.9 Å². The monoisotopic (exact) mass is 285 g/mol. The van der Waals surface area contributed by atoms with Crippen molar-refractivity contribution >= 4 is 28.3 Å². The molecule has 0 aliphatic carbocycles. The standard InChI is InChI=1S/C15H12ClN3O/c1-8-9(3-2-4-11(8)16)13-12(20)6-5-10-14(13)18-7-19-15(10)17/h2-7,20H,1H3,(H2,17,18,19). The molecule has 0 atom stereocenters. The minimum Gasteiger partial charge on any atom is -0.507 e. The molecular formula is C15H12ClN3O. The number of anilines is 1. The zero-order valence-corrected chi connectivity index (χ0v) is 11.5. The summed E-state index contributed by atoms with van der Waals surface area (Å²) in [4.78, 5) is 8.23. The highest BCUT2D eigenvalue weighted by Gasteiger charge is 2.15. The summed E-state index contributed by atoms with van der Waals surface area (Å²) >= 11 is 6.16. The van der Waals surface area contributed by atoms with E-state index in [1.165, 1.54) is 6.33 Å². The maximum absolute atomic E-state index is 10.2. The summed E-state index contributed by atoms with van der Waals surface area (Å²) < 4.78 is 0. The Bertz CT molecular complexity index is 818. The predicted octanol–water partition coefficient (Wildman–Crippen LogP) is 3.55. The van der Waals surface area contributed by atoms with Crippen LogP contribution in [0, 0.1) is 6.92 Å². The van der Waals surface area contributed by atoms with Gasteiger partial charge in [0.2, 0.25) is 0 Å². The Kier molecular flexibility index (Phi) is 2.95. The molecule has 20 heavy (non-hydrogen) atoms. The van der Waals surface area contributed by atoms with Crippen LogP contribution in [0.25, 0.3) is 22.0 Å². The lowest BCUT2D eigenvalue weighted by Crippen LogP contribution is -1.95. The van der Waals surface area contributed by atoms with Crippen LogP contribution < -0.4 is 5.73 Å². The third-order valence-electron chi connectivity index (χ3n) is 3.35. The quantitative estimate of drug-likeness (QED) is 0.717. The first kappa shape index (κ1) is 12.7. The van der Waals surface area contributed by atoms with Gasteiger partial charge in [0.1, 0.15) is 17.9 Å². The van der Waals surface area contributed by atoms with Gasteiger partial charge in [0.05, 0.1) is 11.1 Å². The lowest BCUT2D eigenvalue weighted by Gasteiger charge is -2.12. The molecule has 0 aliphatic rings. The van der Waals surface area contributed by atoms with Crippen LogP contribution in [0.15, 0.2) is 36.7 Å². The molecule has 3 aromatic rings. The third-order valence-corrected chi connectivity index (χ3v) is 3.76. The van der Waals surface area contributed by atoms with Crippen LogP contribution in [0.4, 0.5) is 5.82 Å². The van der Waals surface area contributed by atoms with Gasteiger partial charge in [-0.2, -0.15) is 0 Å². The van der Waals surface area contributed by atoms with E-state index in [9.17, 15) is 5.11 Å². The second kappa shape index (κ2) is 4.65. The van der Waals surface area contributed by atoms with E-state index in [4.69, 9.17) is 17.3 Å². The Labute approximate surface area is 120 Å². The fourth-order valence-corrected chi connectivity index (χ4v) is 2.46. The summed E-state index contributed by atoms with van der Waals surface area (Å²) in [6.07, 6.45) is 1.39. The summed E-state index contributed by atoms with van der Waals surface area (Å²) in [7, 11) is 0. The molecule has 0 saturated heterocycles. The molecule has 3 rings (SSSR count). The van der Waals surface area contributed by atoms with Gasteiger partial charge in [-0.15, -0.1) is 0 Å². The average Bonchev–Trinajstić information content (AvgIpc) is 2.43. The Balaban J connectivity index is 2.44. The Hall–Kier alpha value is -2.33. The van der Waals surface area contributed by atoms with E-state index in [2.05, 4.69) is 9.97 Å². The van der Waals surface area contributed by atoms with Gasteiger partial charge in [-0.05, 0) is 36.2 Å². The molecule has 0 radical (unpaired) electrons. The number of fused-ring (bicyclic) bond motifs is 1. The van der Waals surface area contributed by atoms with Crippen molar-refractivity contribution in [2.45, 2.75) is 6.92 Å². The van der Waals surface area contributed by atoms with E-state index in [0.717, 1.165) is 11.1 Å². The Morgan fingerprint density at radius 2 is 1.95 bits per heavy atom. The molecule has 0 bridgehead atoms. The molecular weight excluding hydrogens is 274 g/mol.